The highest BCUT2D eigenvalue weighted by atomic mass is 16.9. The SMILES string of the molecule is COc1cc(C(C)C2OC(C)O2)ccc1O. The van der Waals surface area contributed by atoms with Crippen molar-refractivity contribution in [1.29, 1.82) is 0 Å². The van der Waals surface area contributed by atoms with Gasteiger partial charge in [-0.3, -0.25) is 0 Å². The first kappa shape index (κ1) is 11.2. The second-order valence-corrected chi connectivity index (χ2v) is 3.93. The Hall–Kier alpha value is -1.26. The molecule has 4 heteroatoms. The van der Waals surface area contributed by atoms with Crippen molar-refractivity contribution < 1.29 is 19.3 Å². The van der Waals surface area contributed by atoms with Gasteiger partial charge in [-0.15, -0.1) is 0 Å². The van der Waals surface area contributed by atoms with Crippen LogP contribution in [0.4, 0.5) is 0 Å². The molecule has 1 heterocycles. The summed E-state index contributed by atoms with van der Waals surface area (Å²) >= 11 is 0. The Morgan fingerprint density at radius 3 is 2.62 bits per heavy atom. The van der Waals surface area contributed by atoms with Gasteiger partial charge in [-0.05, 0) is 24.6 Å². The number of methoxy groups -OCH3 is 1. The monoisotopic (exact) mass is 224 g/mol. The molecule has 0 amide bonds. The standard InChI is InChI=1S/C12H16O4/c1-7(12-15-8(2)16-12)9-4-5-10(13)11(6-9)14-3/h4-8,12-13H,1-3H3. The van der Waals surface area contributed by atoms with Crippen LogP contribution in [0.15, 0.2) is 18.2 Å². The number of aromatic hydroxyl groups is 1. The first-order chi connectivity index (χ1) is 7.61. The fourth-order valence-corrected chi connectivity index (χ4v) is 1.76. The molecule has 0 aliphatic carbocycles. The summed E-state index contributed by atoms with van der Waals surface area (Å²) in [4.78, 5) is 0. The molecule has 1 fully saturated rings. The summed E-state index contributed by atoms with van der Waals surface area (Å²) in [7, 11) is 1.53. The van der Waals surface area contributed by atoms with Crippen LogP contribution in [0.5, 0.6) is 11.5 Å². The van der Waals surface area contributed by atoms with Gasteiger partial charge in [-0.25, -0.2) is 0 Å². The van der Waals surface area contributed by atoms with Crippen molar-refractivity contribution in [1.82, 2.24) is 0 Å². The average Bonchev–Trinajstić information content (AvgIpc) is 2.24. The van der Waals surface area contributed by atoms with E-state index in [1.165, 1.54) is 7.11 Å². The lowest BCUT2D eigenvalue weighted by Crippen LogP contribution is -2.42. The van der Waals surface area contributed by atoms with Gasteiger partial charge in [-0.2, -0.15) is 0 Å². The Morgan fingerprint density at radius 2 is 2.06 bits per heavy atom. The van der Waals surface area contributed by atoms with E-state index in [2.05, 4.69) is 0 Å². The molecular formula is C12H16O4. The van der Waals surface area contributed by atoms with Crippen LogP contribution in [0.1, 0.15) is 25.3 Å². The second-order valence-electron chi connectivity index (χ2n) is 3.93. The molecule has 1 atom stereocenters. The molecule has 0 bridgehead atoms. The predicted octanol–water partition coefficient (Wildman–Crippen LogP) is 2.22. The van der Waals surface area contributed by atoms with Crippen LogP contribution >= 0.6 is 0 Å². The third kappa shape index (κ3) is 1.99. The zero-order valence-corrected chi connectivity index (χ0v) is 9.64. The van der Waals surface area contributed by atoms with Crippen LogP contribution in [-0.4, -0.2) is 24.8 Å². The van der Waals surface area contributed by atoms with Crippen LogP contribution in [0.2, 0.25) is 0 Å². The zero-order valence-electron chi connectivity index (χ0n) is 9.64. The second kappa shape index (κ2) is 4.31. The highest BCUT2D eigenvalue weighted by Crippen LogP contribution is 2.34. The van der Waals surface area contributed by atoms with E-state index in [0.717, 1.165) is 5.56 Å². The van der Waals surface area contributed by atoms with Gasteiger partial charge < -0.3 is 19.3 Å². The van der Waals surface area contributed by atoms with E-state index in [-0.39, 0.29) is 24.2 Å². The van der Waals surface area contributed by atoms with Crippen molar-refractivity contribution in [2.75, 3.05) is 7.11 Å². The van der Waals surface area contributed by atoms with E-state index in [1.807, 2.05) is 19.9 Å². The summed E-state index contributed by atoms with van der Waals surface area (Å²) in [6.45, 7) is 3.88. The first-order valence-corrected chi connectivity index (χ1v) is 5.29. The highest BCUT2D eigenvalue weighted by molar-refractivity contribution is 5.42. The Kier molecular flexibility index (Phi) is 3.03. The molecule has 16 heavy (non-hydrogen) atoms. The lowest BCUT2D eigenvalue weighted by molar-refractivity contribution is -0.381. The van der Waals surface area contributed by atoms with Gasteiger partial charge in [0.1, 0.15) is 0 Å². The Morgan fingerprint density at radius 1 is 1.38 bits per heavy atom. The van der Waals surface area contributed by atoms with Gasteiger partial charge in [0, 0.05) is 5.92 Å². The molecule has 4 nitrogen and oxygen atoms in total. The van der Waals surface area contributed by atoms with E-state index in [0.29, 0.717) is 5.75 Å². The summed E-state index contributed by atoms with van der Waals surface area (Å²) in [6, 6.07) is 5.26. The number of phenols is 1. The maximum absolute atomic E-state index is 9.48. The molecule has 1 aromatic carbocycles. The summed E-state index contributed by atoms with van der Waals surface area (Å²) in [5.41, 5.74) is 1.02. The van der Waals surface area contributed by atoms with Crippen molar-refractivity contribution >= 4 is 0 Å². The fraction of sp³-hybridized carbons (Fsp3) is 0.500. The minimum atomic E-state index is -0.204. The minimum Gasteiger partial charge on any atom is -0.504 e. The molecule has 2 rings (SSSR count). The van der Waals surface area contributed by atoms with Gasteiger partial charge in [-0.1, -0.05) is 13.0 Å². The van der Waals surface area contributed by atoms with Crippen LogP contribution in [0.25, 0.3) is 0 Å². The molecule has 1 saturated heterocycles. The molecule has 0 aromatic heterocycles. The van der Waals surface area contributed by atoms with Gasteiger partial charge in [0.2, 0.25) is 0 Å². The van der Waals surface area contributed by atoms with Crippen molar-refractivity contribution in [2.45, 2.75) is 32.3 Å². The van der Waals surface area contributed by atoms with Crippen molar-refractivity contribution in [3.63, 3.8) is 0 Å². The van der Waals surface area contributed by atoms with E-state index < -0.39 is 0 Å². The molecule has 1 aromatic rings. The smallest absolute Gasteiger partial charge is 0.170 e. The number of ether oxygens (including phenoxy) is 3. The van der Waals surface area contributed by atoms with E-state index in [1.54, 1.807) is 12.1 Å². The summed E-state index contributed by atoms with van der Waals surface area (Å²) in [6.07, 6.45) is -0.323. The molecule has 1 aliphatic rings. The Bertz CT molecular complexity index is 371. The topological polar surface area (TPSA) is 47.9 Å². The summed E-state index contributed by atoms with van der Waals surface area (Å²) < 4.78 is 15.9. The molecule has 1 aliphatic heterocycles. The molecule has 1 unspecified atom stereocenters. The third-order valence-electron chi connectivity index (χ3n) is 2.79. The molecule has 1 N–H and O–H groups in total. The van der Waals surface area contributed by atoms with E-state index in [4.69, 9.17) is 14.2 Å². The molecule has 0 radical (unpaired) electrons. The Labute approximate surface area is 94.8 Å². The number of hydrogen-bond acceptors (Lipinski definition) is 4. The summed E-state index contributed by atoms with van der Waals surface area (Å²) in [5, 5.41) is 9.48. The molecule has 0 saturated carbocycles. The maximum Gasteiger partial charge on any atom is 0.170 e. The van der Waals surface area contributed by atoms with Crippen LogP contribution < -0.4 is 4.74 Å². The highest BCUT2D eigenvalue weighted by Gasteiger charge is 2.33. The van der Waals surface area contributed by atoms with Gasteiger partial charge >= 0.3 is 0 Å². The quantitative estimate of drug-likeness (QED) is 0.855. The fourth-order valence-electron chi connectivity index (χ4n) is 1.76. The predicted molar refractivity (Wildman–Crippen MR) is 58.5 cm³/mol. The number of hydrogen-bond donors (Lipinski definition) is 1. The lowest BCUT2D eigenvalue weighted by atomic mass is 9.99. The van der Waals surface area contributed by atoms with Crippen molar-refractivity contribution in [2.24, 2.45) is 0 Å². The van der Waals surface area contributed by atoms with Gasteiger partial charge in [0.15, 0.2) is 24.1 Å². The maximum atomic E-state index is 9.48. The molecule has 88 valence electrons. The third-order valence-corrected chi connectivity index (χ3v) is 2.79. The van der Waals surface area contributed by atoms with Crippen LogP contribution in [0.3, 0.4) is 0 Å². The van der Waals surface area contributed by atoms with E-state index >= 15 is 0 Å². The first-order valence-electron chi connectivity index (χ1n) is 5.29. The van der Waals surface area contributed by atoms with E-state index in [9.17, 15) is 5.11 Å². The van der Waals surface area contributed by atoms with Gasteiger partial charge in [0.25, 0.3) is 0 Å². The Balaban J connectivity index is 2.14. The molecular weight excluding hydrogens is 208 g/mol. The normalized spacial score (nSPS) is 25.9. The van der Waals surface area contributed by atoms with Gasteiger partial charge in [0.05, 0.1) is 7.11 Å². The summed E-state index contributed by atoms with van der Waals surface area (Å²) in [5.74, 6) is 0.727. The zero-order chi connectivity index (χ0) is 11.7. The van der Waals surface area contributed by atoms with Crippen LogP contribution in [0, 0.1) is 0 Å². The number of phenolic OH excluding ortho intramolecular Hbond substituents is 1. The number of benzene rings is 1. The largest absolute Gasteiger partial charge is 0.504 e. The minimum absolute atomic E-state index is 0.116. The van der Waals surface area contributed by atoms with Crippen LogP contribution in [-0.2, 0) is 9.47 Å². The number of rotatable bonds is 3. The lowest BCUT2D eigenvalue weighted by Gasteiger charge is -2.37. The van der Waals surface area contributed by atoms with Crippen molar-refractivity contribution in [3.05, 3.63) is 23.8 Å². The average molecular weight is 224 g/mol. The van der Waals surface area contributed by atoms with Crippen molar-refractivity contribution in [3.8, 4) is 11.5 Å². The molecule has 0 spiro atoms.